The average Bonchev–Trinajstić information content (AvgIpc) is 3.16. The largest absolute Gasteiger partial charge is 0.481 e. The number of hydrogen-bond donors (Lipinski definition) is 2. The zero-order chi connectivity index (χ0) is 24.1. The van der Waals surface area contributed by atoms with Crippen LogP contribution < -0.4 is 4.72 Å². The number of aryl methyl sites for hydroxylation is 1. The van der Waals surface area contributed by atoms with Gasteiger partial charge in [0.2, 0.25) is 10.0 Å². The topological polar surface area (TPSA) is 86.7 Å². The molecule has 1 aliphatic carbocycles. The van der Waals surface area contributed by atoms with Gasteiger partial charge in [0.1, 0.15) is 0 Å². The molecule has 0 amide bonds. The highest BCUT2D eigenvalue weighted by atomic mass is 32.2. The van der Waals surface area contributed by atoms with Crippen molar-refractivity contribution in [2.24, 2.45) is 11.8 Å². The van der Waals surface area contributed by atoms with Crippen LogP contribution in [0.2, 0.25) is 0 Å². The lowest BCUT2D eigenvalue weighted by atomic mass is 9.87. The molecule has 180 valence electrons. The van der Waals surface area contributed by atoms with Crippen molar-refractivity contribution in [2.45, 2.75) is 45.4 Å². The predicted molar refractivity (Wildman–Crippen MR) is 133 cm³/mol. The van der Waals surface area contributed by atoms with Gasteiger partial charge in [-0.25, -0.2) is 8.42 Å². The first-order valence-corrected chi connectivity index (χ1v) is 13.4. The number of piperidine rings is 1. The quantitative estimate of drug-likeness (QED) is 0.566. The summed E-state index contributed by atoms with van der Waals surface area (Å²) in [4.78, 5) is 11.6. The van der Waals surface area contributed by atoms with Crippen LogP contribution in [0.3, 0.4) is 0 Å². The summed E-state index contributed by atoms with van der Waals surface area (Å²) in [7, 11) is -3.24. The van der Waals surface area contributed by atoms with Crippen LogP contribution in [0.15, 0.2) is 54.6 Å². The molecule has 2 aromatic carbocycles. The second-order valence-corrected chi connectivity index (χ2v) is 11.1. The Morgan fingerprint density at radius 2 is 1.73 bits per heavy atom. The molecular weight excluding hydrogens is 436 g/mol. The number of likely N-dealkylation sites (tertiary alicyclic amines) is 1. The van der Waals surface area contributed by atoms with Crippen LogP contribution in [0.25, 0.3) is 0 Å². The molecule has 7 heteroatoms. The van der Waals surface area contributed by atoms with Gasteiger partial charge in [-0.05, 0) is 67.8 Å². The van der Waals surface area contributed by atoms with Crippen molar-refractivity contribution in [1.82, 2.24) is 4.90 Å². The van der Waals surface area contributed by atoms with Crippen LogP contribution in [0.1, 0.15) is 44.7 Å². The van der Waals surface area contributed by atoms with Crippen molar-refractivity contribution < 1.29 is 18.3 Å². The molecule has 2 aliphatic rings. The van der Waals surface area contributed by atoms with E-state index in [9.17, 15) is 8.42 Å². The Kier molecular flexibility index (Phi) is 8.19. The fraction of sp³-hybridized carbons (Fsp3) is 0.500. The number of benzene rings is 2. The van der Waals surface area contributed by atoms with Gasteiger partial charge in [-0.15, -0.1) is 0 Å². The maximum atomic E-state index is 11.9. The van der Waals surface area contributed by atoms with Gasteiger partial charge < -0.3 is 10.0 Å². The van der Waals surface area contributed by atoms with Gasteiger partial charge in [-0.3, -0.25) is 9.52 Å². The highest BCUT2D eigenvalue weighted by molar-refractivity contribution is 7.92. The van der Waals surface area contributed by atoms with Crippen LogP contribution in [0.4, 0.5) is 5.69 Å². The first-order valence-electron chi connectivity index (χ1n) is 11.8. The number of aliphatic carboxylic acids is 1. The molecule has 4 rings (SSSR count). The van der Waals surface area contributed by atoms with Crippen LogP contribution >= 0.6 is 0 Å². The summed E-state index contributed by atoms with van der Waals surface area (Å²) in [5.74, 6) is 0.656. The second-order valence-electron chi connectivity index (χ2n) is 9.06. The molecule has 0 spiro atoms. The molecule has 0 bridgehead atoms. The van der Waals surface area contributed by atoms with Gasteiger partial charge in [0, 0.05) is 31.1 Å². The molecule has 2 fully saturated rings. The summed E-state index contributed by atoms with van der Waals surface area (Å²) in [6.45, 7) is 8.52. The number of carboxylic acids is 1. The number of fused-ring (bicyclic) bond motifs is 1. The number of nitrogens with zero attached hydrogens (tertiary/aromatic N) is 1. The van der Waals surface area contributed by atoms with Crippen molar-refractivity contribution in [3.63, 3.8) is 0 Å². The maximum absolute atomic E-state index is 11.9. The predicted octanol–water partition coefficient (Wildman–Crippen LogP) is 4.38. The molecule has 2 N–H and O–H groups in total. The highest BCUT2D eigenvalue weighted by Gasteiger charge is 2.67. The van der Waals surface area contributed by atoms with Crippen molar-refractivity contribution in [2.75, 3.05) is 30.1 Å². The summed E-state index contributed by atoms with van der Waals surface area (Å²) < 4.78 is 26.6. The molecular formula is C26H36N2O4S. The van der Waals surface area contributed by atoms with Crippen LogP contribution in [-0.2, 0) is 26.7 Å². The fourth-order valence-corrected chi connectivity index (χ4v) is 6.06. The number of carboxylic acid groups (broad SMARTS) is 1. The van der Waals surface area contributed by atoms with E-state index in [2.05, 4.69) is 59.0 Å². The molecule has 0 aromatic heterocycles. The minimum Gasteiger partial charge on any atom is -0.481 e. The van der Waals surface area contributed by atoms with Crippen molar-refractivity contribution in [3.8, 4) is 0 Å². The molecule has 33 heavy (non-hydrogen) atoms. The third-order valence-corrected chi connectivity index (χ3v) is 8.34. The van der Waals surface area contributed by atoms with E-state index in [1.807, 2.05) is 12.1 Å². The summed E-state index contributed by atoms with van der Waals surface area (Å²) in [5.41, 5.74) is 3.65. The second kappa shape index (κ2) is 10.7. The van der Waals surface area contributed by atoms with Crippen LogP contribution in [0.5, 0.6) is 0 Å². The normalized spacial score (nSPS) is 23.8. The summed E-state index contributed by atoms with van der Waals surface area (Å²) in [5, 5.41) is 7.42. The summed E-state index contributed by atoms with van der Waals surface area (Å²) >= 11 is 0. The lowest BCUT2D eigenvalue weighted by Crippen LogP contribution is -2.31. The van der Waals surface area contributed by atoms with Gasteiger partial charge in [-0.1, -0.05) is 49.4 Å². The Morgan fingerprint density at radius 1 is 1.09 bits per heavy atom. The van der Waals surface area contributed by atoms with E-state index in [1.165, 1.54) is 17.5 Å². The molecule has 0 radical (unpaired) electrons. The lowest BCUT2D eigenvalue weighted by Gasteiger charge is -2.27. The Hall–Kier alpha value is -2.38. The molecule has 1 saturated heterocycles. The Balaban J connectivity index is 0.000000709. The van der Waals surface area contributed by atoms with Crippen molar-refractivity contribution >= 4 is 21.7 Å². The van der Waals surface area contributed by atoms with Crippen molar-refractivity contribution in [1.29, 1.82) is 0 Å². The third-order valence-electron chi connectivity index (χ3n) is 7.03. The molecule has 1 heterocycles. The zero-order valence-corrected chi connectivity index (χ0v) is 20.6. The molecule has 1 aliphatic heterocycles. The van der Waals surface area contributed by atoms with E-state index in [1.54, 1.807) is 6.92 Å². The van der Waals surface area contributed by atoms with E-state index in [4.69, 9.17) is 9.90 Å². The molecule has 1 saturated carbocycles. The van der Waals surface area contributed by atoms with Crippen LogP contribution in [0, 0.1) is 11.8 Å². The third kappa shape index (κ3) is 6.15. The van der Waals surface area contributed by atoms with Crippen molar-refractivity contribution in [3.05, 3.63) is 65.7 Å². The first-order chi connectivity index (χ1) is 15.7. The molecule has 2 atom stereocenters. The molecule has 2 unspecified atom stereocenters. The Labute approximate surface area is 198 Å². The number of hydrogen-bond acceptors (Lipinski definition) is 4. The van der Waals surface area contributed by atoms with E-state index >= 15 is 0 Å². The van der Waals surface area contributed by atoms with Gasteiger partial charge in [0.05, 0.1) is 5.75 Å². The fourth-order valence-electron chi connectivity index (χ4n) is 5.43. The minimum absolute atomic E-state index is 0.0966. The minimum atomic E-state index is -3.24. The number of anilines is 1. The zero-order valence-electron chi connectivity index (χ0n) is 19.8. The Morgan fingerprint density at radius 3 is 2.30 bits per heavy atom. The van der Waals surface area contributed by atoms with E-state index < -0.39 is 16.0 Å². The summed E-state index contributed by atoms with van der Waals surface area (Å²) in [6.07, 6.45) is 3.46. The summed E-state index contributed by atoms with van der Waals surface area (Å²) in [6, 6.07) is 18.8. The average molecular weight is 473 g/mol. The molecule has 2 aromatic rings. The van der Waals surface area contributed by atoms with E-state index in [-0.39, 0.29) is 11.2 Å². The lowest BCUT2D eigenvalue weighted by molar-refractivity contribution is -0.134. The first kappa shape index (κ1) is 25.2. The van der Waals surface area contributed by atoms with E-state index in [0.29, 0.717) is 17.5 Å². The van der Waals surface area contributed by atoms with Gasteiger partial charge in [0.15, 0.2) is 0 Å². The number of rotatable bonds is 9. The number of sulfonamides is 1. The standard InChI is InChI=1S/C24H32N2O2S.C2H4O2/c1-3-24(20-13-8-14-21(16-20)25-29(27,28)4-2)22-17-26(18-23(22)24)15-9-12-19-10-6-5-7-11-19;1-2(3)4/h5-8,10-11,13-14,16,22-23,25H,3-4,9,12,15,17-18H2,1-2H3;1H3,(H,3,4). The van der Waals surface area contributed by atoms with Gasteiger partial charge in [0.25, 0.3) is 5.97 Å². The Bertz CT molecular complexity index is 1020. The van der Waals surface area contributed by atoms with Crippen LogP contribution in [-0.4, -0.2) is 49.8 Å². The SMILES string of the molecule is CC(=O)O.CCC1(c2cccc(NS(=O)(=O)CC)c2)C2CN(CCCc3ccccc3)CC21. The monoisotopic (exact) mass is 472 g/mol. The maximum Gasteiger partial charge on any atom is 0.300 e. The molecule has 6 nitrogen and oxygen atoms in total. The smallest absolute Gasteiger partial charge is 0.300 e. The van der Waals surface area contributed by atoms with E-state index in [0.717, 1.165) is 39.4 Å². The highest BCUT2D eigenvalue weighted by Crippen LogP contribution is 2.65. The number of carbonyl (C=O) groups is 1. The number of nitrogens with one attached hydrogen (secondary N) is 1. The van der Waals surface area contributed by atoms with Gasteiger partial charge >= 0.3 is 0 Å². The van der Waals surface area contributed by atoms with Gasteiger partial charge in [-0.2, -0.15) is 0 Å².